The molecule has 1 aliphatic heterocycles. The van der Waals surface area contributed by atoms with E-state index in [1.165, 1.54) is 11.1 Å². The van der Waals surface area contributed by atoms with Crippen LogP contribution < -0.4 is 0 Å². The molecule has 1 aromatic heterocycles. The second-order valence-corrected chi connectivity index (χ2v) is 8.10. The number of furan rings is 1. The Balaban J connectivity index is 1.65. The topological polar surface area (TPSA) is 59.7 Å². The van der Waals surface area contributed by atoms with Crippen molar-refractivity contribution in [1.82, 2.24) is 0 Å². The molecule has 0 amide bonds. The van der Waals surface area contributed by atoms with Crippen molar-refractivity contribution in [3.05, 3.63) is 70.9 Å². The normalized spacial score (nSPS) is 19.3. The highest BCUT2D eigenvalue weighted by Gasteiger charge is 2.31. The molecule has 1 aromatic rings. The van der Waals surface area contributed by atoms with Crippen LogP contribution in [0.1, 0.15) is 65.4 Å². The molecule has 0 bridgehead atoms. The van der Waals surface area contributed by atoms with Gasteiger partial charge in [0.15, 0.2) is 6.10 Å². The Hall–Kier alpha value is -2.49. The molecular formula is C25H34O4. The van der Waals surface area contributed by atoms with E-state index in [1.807, 2.05) is 19.3 Å². The van der Waals surface area contributed by atoms with E-state index in [1.54, 1.807) is 13.2 Å². The smallest absolute Gasteiger partial charge is 0.338 e. The lowest BCUT2D eigenvalue weighted by atomic mass is 10.0. The number of carbonyl (C=O) groups is 1. The van der Waals surface area contributed by atoms with Crippen LogP contribution in [0.25, 0.3) is 0 Å². The molecule has 2 atom stereocenters. The van der Waals surface area contributed by atoms with Crippen LogP contribution in [-0.2, 0) is 16.0 Å². The van der Waals surface area contributed by atoms with Crippen molar-refractivity contribution >= 4 is 5.97 Å². The maximum absolute atomic E-state index is 11.5. The van der Waals surface area contributed by atoms with E-state index in [4.69, 9.17) is 9.15 Å². The Morgan fingerprint density at radius 1 is 1.31 bits per heavy atom. The maximum Gasteiger partial charge on any atom is 0.338 e. The average molecular weight is 399 g/mol. The van der Waals surface area contributed by atoms with Crippen molar-refractivity contribution in [2.24, 2.45) is 5.92 Å². The van der Waals surface area contributed by atoms with Gasteiger partial charge in [-0.05, 0) is 70.4 Å². The van der Waals surface area contributed by atoms with Crippen molar-refractivity contribution in [1.29, 1.82) is 0 Å². The number of ether oxygens (including phenoxy) is 1. The monoisotopic (exact) mass is 398 g/mol. The predicted octanol–water partition coefficient (Wildman–Crippen LogP) is 6.61. The molecule has 158 valence electrons. The number of carbonyl (C=O) groups excluding carboxylic acids is 1. The zero-order chi connectivity index (χ0) is 21.2. The summed E-state index contributed by atoms with van der Waals surface area (Å²) in [4.78, 5) is 11.5. The lowest BCUT2D eigenvalue weighted by Gasteiger charge is -2.11. The Bertz CT molecular complexity index is 778. The Kier molecular flexibility index (Phi) is 9.04. The number of aliphatic hydroxyl groups excluding tert-OH is 1. The van der Waals surface area contributed by atoms with Gasteiger partial charge in [0.05, 0.1) is 18.1 Å². The van der Waals surface area contributed by atoms with Gasteiger partial charge in [-0.1, -0.05) is 42.4 Å². The predicted molar refractivity (Wildman–Crippen MR) is 117 cm³/mol. The standard InChI is InChI=1S/C25H34O4/c1-18(8-5-9-19(2)11-7-13-22-14-15-28-17-22)10-6-12-20(3)16-23-24(26)21(4)25(27)29-23/h5,8-9,12,14-15,17-18,23,26H,6-7,10-11,13,16H2,1-4H3/t18-,23+/m1/s1. The van der Waals surface area contributed by atoms with Gasteiger partial charge >= 0.3 is 5.97 Å². The fourth-order valence-corrected chi connectivity index (χ4v) is 3.32. The van der Waals surface area contributed by atoms with Crippen LogP contribution in [0.3, 0.4) is 0 Å². The Morgan fingerprint density at radius 3 is 2.76 bits per heavy atom. The van der Waals surface area contributed by atoms with Crippen molar-refractivity contribution in [3.63, 3.8) is 0 Å². The summed E-state index contributed by atoms with van der Waals surface area (Å²) >= 11 is 0. The van der Waals surface area contributed by atoms with E-state index in [-0.39, 0.29) is 5.76 Å². The number of hydrogen-bond acceptors (Lipinski definition) is 4. The molecule has 0 saturated carbocycles. The van der Waals surface area contributed by atoms with Gasteiger partial charge < -0.3 is 14.3 Å². The first-order valence-corrected chi connectivity index (χ1v) is 10.5. The van der Waals surface area contributed by atoms with Crippen LogP contribution in [0.15, 0.2) is 69.8 Å². The minimum atomic E-state index is -0.516. The third-order valence-electron chi connectivity index (χ3n) is 5.30. The van der Waals surface area contributed by atoms with Gasteiger partial charge in [0.25, 0.3) is 0 Å². The van der Waals surface area contributed by atoms with E-state index < -0.39 is 12.1 Å². The fourth-order valence-electron chi connectivity index (χ4n) is 3.32. The van der Waals surface area contributed by atoms with Crippen LogP contribution in [0.4, 0.5) is 0 Å². The highest BCUT2D eigenvalue weighted by molar-refractivity contribution is 5.91. The first kappa shape index (κ1) is 22.8. The number of rotatable bonds is 11. The number of hydrogen-bond donors (Lipinski definition) is 1. The SMILES string of the molecule is CC(=CC=C[C@@H](C)CCC=C(C)C[C@@H]1OC(=O)C(C)=C1O)CCCc1ccoc1. The number of cyclic esters (lactones) is 1. The van der Waals surface area contributed by atoms with Gasteiger partial charge in [-0.2, -0.15) is 0 Å². The molecule has 0 fully saturated rings. The second-order valence-electron chi connectivity index (χ2n) is 8.10. The molecule has 0 radical (unpaired) electrons. The van der Waals surface area contributed by atoms with Crippen LogP contribution >= 0.6 is 0 Å². The van der Waals surface area contributed by atoms with Crippen molar-refractivity contribution < 1.29 is 19.1 Å². The molecule has 4 nitrogen and oxygen atoms in total. The van der Waals surface area contributed by atoms with Gasteiger partial charge in [-0.15, -0.1) is 0 Å². The van der Waals surface area contributed by atoms with Gasteiger partial charge in [0.1, 0.15) is 5.76 Å². The zero-order valence-electron chi connectivity index (χ0n) is 18.1. The third kappa shape index (κ3) is 7.80. The maximum atomic E-state index is 11.5. The van der Waals surface area contributed by atoms with Crippen molar-refractivity contribution in [2.45, 2.75) is 72.3 Å². The number of esters is 1. The molecule has 4 heteroatoms. The zero-order valence-corrected chi connectivity index (χ0v) is 18.1. The Morgan fingerprint density at radius 2 is 2.10 bits per heavy atom. The van der Waals surface area contributed by atoms with E-state index in [0.717, 1.165) is 37.7 Å². The molecule has 2 rings (SSSR count). The fraction of sp³-hybridized carbons (Fsp3) is 0.480. The number of aryl methyl sites for hydroxylation is 1. The summed E-state index contributed by atoms with van der Waals surface area (Å²) in [5.41, 5.74) is 4.11. The summed E-state index contributed by atoms with van der Waals surface area (Å²) in [6.07, 6.45) is 17.7. The summed E-state index contributed by atoms with van der Waals surface area (Å²) in [6.45, 7) is 8.02. The summed E-state index contributed by atoms with van der Waals surface area (Å²) in [7, 11) is 0. The van der Waals surface area contributed by atoms with Gasteiger partial charge in [0.2, 0.25) is 0 Å². The Labute approximate surface area is 174 Å². The van der Waals surface area contributed by atoms with E-state index in [9.17, 15) is 9.90 Å². The summed E-state index contributed by atoms with van der Waals surface area (Å²) in [5.74, 6) is 0.156. The summed E-state index contributed by atoms with van der Waals surface area (Å²) in [5, 5.41) is 9.92. The molecule has 1 aliphatic rings. The average Bonchev–Trinajstić information content (AvgIpc) is 3.27. The highest BCUT2D eigenvalue weighted by atomic mass is 16.6. The van der Waals surface area contributed by atoms with Gasteiger partial charge in [0, 0.05) is 6.42 Å². The first-order chi connectivity index (χ1) is 13.9. The van der Waals surface area contributed by atoms with Crippen LogP contribution in [0.5, 0.6) is 0 Å². The first-order valence-electron chi connectivity index (χ1n) is 10.5. The minimum absolute atomic E-state index is 0.0750. The van der Waals surface area contributed by atoms with Crippen LogP contribution in [0.2, 0.25) is 0 Å². The second kappa shape index (κ2) is 11.5. The van der Waals surface area contributed by atoms with Gasteiger partial charge in [-0.25, -0.2) is 4.79 Å². The van der Waals surface area contributed by atoms with E-state index in [0.29, 0.717) is 17.9 Å². The molecular weight excluding hydrogens is 364 g/mol. The molecule has 2 heterocycles. The largest absolute Gasteiger partial charge is 0.508 e. The van der Waals surface area contributed by atoms with E-state index in [2.05, 4.69) is 38.2 Å². The minimum Gasteiger partial charge on any atom is -0.508 e. The van der Waals surface area contributed by atoms with Crippen molar-refractivity contribution in [3.8, 4) is 0 Å². The van der Waals surface area contributed by atoms with Crippen LogP contribution in [-0.4, -0.2) is 17.2 Å². The third-order valence-corrected chi connectivity index (χ3v) is 5.30. The van der Waals surface area contributed by atoms with E-state index >= 15 is 0 Å². The molecule has 29 heavy (non-hydrogen) atoms. The molecule has 0 saturated heterocycles. The lowest BCUT2D eigenvalue weighted by Crippen LogP contribution is -2.12. The van der Waals surface area contributed by atoms with Crippen LogP contribution in [0, 0.1) is 5.92 Å². The number of allylic oxidation sites excluding steroid dienone is 5. The molecule has 0 aromatic carbocycles. The molecule has 0 spiro atoms. The van der Waals surface area contributed by atoms with Crippen molar-refractivity contribution in [2.75, 3.05) is 0 Å². The number of aliphatic hydroxyl groups is 1. The summed E-state index contributed by atoms with van der Waals surface area (Å²) < 4.78 is 10.3. The molecule has 0 aliphatic carbocycles. The molecule has 1 N–H and O–H groups in total. The lowest BCUT2D eigenvalue weighted by molar-refractivity contribution is -0.140. The quantitative estimate of drug-likeness (QED) is 0.259. The summed E-state index contributed by atoms with van der Waals surface area (Å²) in [6, 6.07) is 2.03. The van der Waals surface area contributed by atoms with Gasteiger partial charge in [-0.3, -0.25) is 0 Å². The highest BCUT2D eigenvalue weighted by Crippen LogP contribution is 2.25. The molecule has 0 unspecified atom stereocenters.